The summed E-state index contributed by atoms with van der Waals surface area (Å²) in [5.41, 5.74) is 0.531. The van der Waals surface area contributed by atoms with Gasteiger partial charge >= 0.3 is 5.97 Å². The highest BCUT2D eigenvalue weighted by molar-refractivity contribution is 7.89. The summed E-state index contributed by atoms with van der Waals surface area (Å²) in [6.07, 6.45) is 1.84. The van der Waals surface area contributed by atoms with Gasteiger partial charge in [-0.15, -0.1) is 12.4 Å². The molecule has 0 radical (unpaired) electrons. The minimum absolute atomic E-state index is 0. The highest BCUT2D eigenvalue weighted by atomic mass is 35.5. The van der Waals surface area contributed by atoms with Gasteiger partial charge in [0, 0.05) is 13.7 Å². The van der Waals surface area contributed by atoms with Crippen LogP contribution in [0.15, 0.2) is 23.1 Å². The lowest BCUT2D eigenvalue weighted by Crippen LogP contribution is -2.52. The fourth-order valence-electron chi connectivity index (χ4n) is 2.93. The topological polar surface area (TPSA) is 93.7 Å². The molecule has 0 spiro atoms. The van der Waals surface area contributed by atoms with Crippen LogP contribution >= 0.6 is 12.4 Å². The molecule has 7 nitrogen and oxygen atoms in total. The van der Waals surface area contributed by atoms with E-state index in [-0.39, 0.29) is 29.4 Å². The Morgan fingerprint density at radius 2 is 2.08 bits per heavy atom. The average Bonchev–Trinajstić information content (AvgIpc) is 3.02. The zero-order valence-electron chi connectivity index (χ0n) is 14.6. The maximum atomic E-state index is 12.5. The lowest BCUT2D eigenvalue weighted by molar-refractivity contribution is 0.0600. The van der Waals surface area contributed by atoms with Gasteiger partial charge in [0.15, 0.2) is 0 Å². The summed E-state index contributed by atoms with van der Waals surface area (Å²) >= 11 is 0. The lowest BCUT2D eigenvalue weighted by atomic mass is 9.99. The molecule has 1 aromatic rings. The van der Waals surface area contributed by atoms with Crippen LogP contribution in [0, 0.1) is 6.92 Å². The van der Waals surface area contributed by atoms with E-state index in [0.717, 1.165) is 19.4 Å². The molecule has 0 aromatic heterocycles. The van der Waals surface area contributed by atoms with Gasteiger partial charge in [0.2, 0.25) is 10.0 Å². The Balaban J connectivity index is 0.00000312. The maximum Gasteiger partial charge on any atom is 0.338 e. The van der Waals surface area contributed by atoms with Gasteiger partial charge in [0.1, 0.15) is 0 Å². The van der Waals surface area contributed by atoms with E-state index in [1.54, 1.807) is 14.0 Å². The van der Waals surface area contributed by atoms with Gasteiger partial charge in [-0.05, 0) is 50.1 Å². The molecule has 2 rings (SSSR count). The van der Waals surface area contributed by atoms with E-state index in [1.165, 1.54) is 25.3 Å². The molecule has 142 valence electrons. The molecule has 1 aromatic carbocycles. The third-order valence-electron chi connectivity index (χ3n) is 4.27. The summed E-state index contributed by atoms with van der Waals surface area (Å²) < 4.78 is 37.6. The Morgan fingerprint density at radius 1 is 1.36 bits per heavy atom. The van der Waals surface area contributed by atoms with Crippen molar-refractivity contribution < 1.29 is 22.7 Å². The van der Waals surface area contributed by atoms with Gasteiger partial charge in [0.05, 0.1) is 29.7 Å². The second-order valence-corrected chi connectivity index (χ2v) is 7.80. The number of esters is 1. The van der Waals surface area contributed by atoms with Crippen LogP contribution in [0.5, 0.6) is 0 Å². The third kappa shape index (κ3) is 5.15. The Bertz CT molecular complexity index is 702. The summed E-state index contributed by atoms with van der Waals surface area (Å²) in [5.74, 6) is -0.487. The molecule has 0 bridgehead atoms. The first-order chi connectivity index (χ1) is 11.3. The van der Waals surface area contributed by atoms with Crippen LogP contribution in [0.3, 0.4) is 0 Å². The Morgan fingerprint density at radius 3 is 2.60 bits per heavy atom. The summed E-state index contributed by atoms with van der Waals surface area (Å²) in [5, 5.41) is 3.32. The molecule has 2 N–H and O–H groups in total. The number of rotatable bonds is 7. The van der Waals surface area contributed by atoms with Crippen LogP contribution < -0.4 is 10.0 Å². The molecule has 0 amide bonds. The summed E-state index contributed by atoms with van der Waals surface area (Å²) in [6, 6.07) is 4.35. The first kappa shape index (κ1) is 21.9. The highest BCUT2D eigenvalue weighted by Gasteiger charge is 2.34. The zero-order valence-corrected chi connectivity index (χ0v) is 16.3. The fourth-order valence-corrected chi connectivity index (χ4v) is 4.14. The van der Waals surface area contributed by atoms with Crippen LogP contribution in [-0.2, 0) is 19.5 Å². The van der Waals surface area contributed by atoms with Crippen LogP contribution in [0.25, 0.3) is 0 Å². The number of hydrogen-bond acceptors (Lipinski definition) is 6. The van der Waals surface area contributed by atoms with Gasteiger partial charge in [-0.3, -0.25) is 0 Å². The van der Waals surface area contributed by atoms with E-state index in [2.05, 4.69) is 14.8 Å². The zero-order chi connectivity index (χ0) is 17.8. The molecule has 25 heavy (non-hydrogen) atoms. The SMILES string of the molecule is COCC1(CNS(=O)(=O)c2ccc(C(=O)OC)c(C)c2)CCCN1.Cl. The van der Waals surface area contributed by atoms with Crippen molar-refractivity contribution in [3.8, 4) is 0 Å². The number of halogens is 1. The smallest absolute Gasteiger partial charge is 0.338 e. The molecule has 1 saturated heterocycles. The van der Waals surface area contributed by atoms with Crippen LogP contribution in [-0.4, -0.2) is 53.8 Å². The largest absolute Gasteiger partial charge is 0.465 e. The molecule has 1 atom stereocenters. The summed E-state index contributed by atoms with van der Waals surface area (Å²) in [7, 11) is -0.782. The number of hydrogen-bond donors (Lipinski definition) is 2. The number of sulfonamides is 1. The normalized spacial score (nSPS) is 20.1. The number of benzene rings is 1. The number of ether oxygens (including phenoxy) is 2. The van der Waals surface area contributed by atoms with E-state index in [4.69, 9.17) is 4.74 Å². The second-order valence-electron chi connectivity index (χ2n) is 6.04. The Hall–Kier alpha value is -1.19. The highest BCUT2D eigenvalue weighted by Crippen LogP contribution is 2.21. The van der Waals surface area contributed by atoms with Crippen molar-refractivity contribution in [3.63, 3.8) is 0 Å². The van der Waals surface area contributed by atoms with E-state index in [9.17, 15) is 13.2 Å². The molecule has 1 aliphatic heterocycles. The number of nitrogens with one attached hydrogen (secondary N) is 2. The second kappa shape index (κ2) is 8.95. The van der Waals surface area contributed by atoms with Crippen molar-refractivity contribution in [2.24, 2.45) is 0 Å². The average molecular weight is 393 g/mol. The lowest BCUT2D eigenvalue weighted by Gasteiger charge is -2.28. The number of aryl methyl sites for hydroxylation is 1. The number of methoxy groups -OCH3 is 2. The van der Waals surface area contributed by atoms with Crippen LogP contribution in [0.1, 0.15) is 28.8 Å². The Kier molecular flexibility index (Phi) is 7.83. The third-order valence-corrected chi connectivity index (χ3v) is 5.67. The van der Waals surface area contributed by atoms with Gasteiger partial charge in [-0.25, -0.2) is 17.9 Å². The van der Waals surface area contributed by atoms with E-state index >= 15 is 0 Å². The maximum absolute atomic E-state index is 12.5. The molecule has 9 heteroatoms. The summed E-state index contributed by atoms with van der Waals surface area (Å²) in [6.45, 7) is 3.21. The van der Waals surface area contributed by atoms with Crippen molar-refractivity contribution >= 4 is 28.4 Å². The first-order valence-corrected chi connectivity index (χ1v) is 9.24. The molecule has 0 saturated carbocycles. The number of carbonyl (C=O) groups is 1. The van der Waals surface area contributed by atoms with Crippen molar-refractivity contribution in [1.29, 1.82) is 0 Å². The molecule has 1 aliphatic rings. The quantitative estimate of drug-likeness (QED) is 0.678. The predicted molar refractivity (Wildman–Crippen MR) is 96.8 cm³/mol. The molecule has 1 heterocycles. The van der Waals surface area contributed by atoms with Gasteiger partial charge in [-0.1, -0.05) is 0 Å². The molecule has 1 fully saturated rings. The van der Waals surface area contributed by atoms with E-state index < -0.39 is 16.0 Å². The minimum atomic E-state index is -3.67. The van der Waals surface area contributed by atoms with Crippen molar-refractivity contribution in [1.82, 2.24) is 10.0 Å². The van der Waals surface area contributed by atoms with Gasteiger partial charge < -0.3 is 14.8 Å². The van der Waals surface area contributed by atoms with Gasteiger partial charge in [-0.2, -0.15) is 0 Å². The van der Waals surface area contributed by atoms with Crippen molar-refractivity contribution in [2.75, 3.05) is 33.9 Å². The Labute approximate surface area is 154 Å². The fraction of sp³-hybridized carbons (Fsp3) is 0.562. The molecule has 1 unspecified atom stereocenters. The molecular weight excluding hydrogens is 368 g/mol. The van der Waals surface area contributed by atoms with E-state index in [1.807, 2.05) is 0 Å². The first-order valence-electron chi connectivity index (χ1n) is 7.76. The molecule has 0 aliphatic carbocycles. The van der Waals surface area contributed by atoms with Crippen molar-refractivity contribution in [3.05, 3.63) is 29.3 Å². The van der Waals surface area contributed by atoms with Crippen LogP contribution in [0.4, 0.5) is 0 Å². The molecular formula is C16H25ClN2O5S. The van der Waals surface area contributed by atoms with Gasteiger partial charge in [0.25, 0.3) is 0 Å². The van der Waals surface area contributed by atoms with E-state index in [0.29, 0.717) is 17.7 Å². The van der Waals surface area contributed by atoms with Crippen LogP contribution in [0.2, 0.25) is 0 Å². The predicted octanol–water partition coefficient (Wildman–Crippen LogP) is 1.25. The monoisotopic (exact) mass is 392 g/mol. The summed E-state index contributed by atoms with van der Waals surface area (Å²) in [4.78, 5) is 11.7. The number of carbonyl (C=O) groups excluding carboxylic acids is 1. The standard InChI is InChI=1S/C16H24N2O5S.ClH/c1-12-9-13(5-6-14(12)15(19)23-3)24(20,21)18-10-16(11-22-2)7-4-8-17-16;/h5-6,9,17-18H,4,7-8,10-11H2,1-3H3;1H. The van der Waals surface area contributed by atoms with Crippen molar-refractivity contribution in [2.45, 2.75) is 30.2 Å². The minimum Gasteiger partial charge on any atom is -0.465 e.